The molecular formula is C39H54ClN3O6SSi. The first kappa shape index (κ1) is 36.9. The number of hydrogen-bond acceptors (Lipinski definition) is 7. The van der Waals surface area contributed by atoms with Crippen LogP contribution in [0.2, 0.25) is 23.2 Å². The molecule has 0 radical (unpaired) electrons. The van der Waals surface area contributed by atoms with E-state index in [2.05, 4.69) is 67.8 Å². The van der Waals surface area contributed by atoms with Gasteiger partial charge in [-0.3, -0.25) is 4.79 Å². The second kappa shape index (κ2) is 14.1. The molecule has 2 aliphatic carbocycles. The van der Waals surface area contributed by atoms with Crippen LogP contribution in [0.4, 0.5) is 5.69 Å². The molecule has 1 saturated heterocycles. The minimum atomic E-state index is -4.15. The highest BCUT2D eigenvalue weighted by Crippen LogP contribution is 2.48. The van der Waals surface area contributed by atoms with Crippen molar-refractivity contribution in [2.45, 2.75) is 101 Å². The number of ether oxygens (including phenoxy) is 2. The fourth-order valence-electron chi connectivity index (χ4n) is 8.23. The van der Waals surface area contributed by atoms with Crippen molar-refractivity contribution >= 4 is 41.7 Å². The van der Waals surface area contributed by atoms with Gasteiger partial charge in [0.1, 0.15) is 5.75 Å². The van der Waals surface area contributed by atoms with Crippen LogP contribution in [0.3, 0.4) is 0 Å². The molecule has 2 aromatic carbocycles. The van der Waals surface area contributed by atoms with Crippen LogP contribution in [0.1, 0.15) is 80.8 Å². The summed E-state index contributed by atoms with van der Waals surface area (Å²) in [7, 11) is -6.29. The molecule has 3 heterocycles. The summed E-state index contributed by atoms with van der Waals surface area (Å²) in [5.74, 6) is 0.751. The lowest BCUT2D eigenvalue weighted by Crippen LogP contribution is -2.52. The molecule has 7 rings (SSSR count). The molecule has 3 aliphatic heterocycles. The van der Waals surface area contributed by atoms with Crippen molar-refractivity contribution in [1.29, 1.82) is 0 Å². The first-order chi connectivity index (χ1) is 24.1. The van der Waals surface area contributed by atoms with Crippen LogP contribution < -0.4 is 14.4 Å². The van der Waals surface area contributed by atoms with Gasteiger partial charge in [0.2, 0.25) is 0 Å². The van der Waals surface area contributed by atoms with E-state index in [9.17, 15) is 13.2 Å². The van der Waals surface area contributed by atoms with E-state index in [-0.39, 0.29) is 41.3 Å². The maximum Gasteiger partial charge on any atom is 0.304 e. The molecule has 278 valence electrons. The molecule has 1 amide bonds. The van der Waals surface area contributed by atoms with E-state index in [0.717, 1.165) is 62.3 Å². The van der Waals surface area contributed by atoms with Crippen molar-refractivity contribution in [3.8, 4) is 5.75 Å². The quantitative estimate of drug-likeness (QED) is 0.259. The highest BCUT2D eigenvalue weighted by Gasteiger charge is 2.47. The number of amides is 1. The fourth-order valence-corrected chi connectivity index (χ4v) is 10.9. The first-order valence-electron chi connectivity index (χ1n) is 18.7. The normalized spacial score (nSPS) is 30.5. The zero-order valence-corrected chi connectivity index (χ0v) is 33.3. The topological polar surface area (TPSA) is 97.4 Å². The highest BCUT2D eigenvalue weighted by atomic mass is 35.5. The number of carbonyl (C=O) groups excluding carboxylic acids is 1. The lowest BCUT2D eigenvalue weighted by Gasteiger charge is -2.48. The number of hydrogen-bond donors (Lipinski definition) is 1. The smallest absolute Gasteiger partial charge is 0.304 e. The summed E-state index contributed by atoms with van der Waals surface area (Å²) < 4.78 is 50.8. The molecule has 5 aliphatic rings. The van der Waals surface area contributed by atoms with Crippen LogP contribution >= 0.6 is 11.6 Å². The standard InChI is InChI=1S/C39H54ClN3O6SSi/c1-38(2,3)51(4,5)49-35-10-6-7-19-43(24-31-17-20-47-31)50(45,46)41-37(44)28-12-16-36-34(22-28)42(23-29-11-14-32(29)35)25-39(26-48-36)18-8-9-27-21-30(40)13-15-33(27)39/h6,10,12-13,15-16,21-22,29,31-32,35H,7-9,11,14,17-20,23-26H2,1-5H3,(H,41,44)/b10-6+/t29-,31-,32+,35-,39-/m0/s1. The average molecular weight is 756 g/mol. The summed E-state index contributed by atoms with van der Waals surface area (Å²) in [6, 6.07) is 11.6. The predicted octanol–water partition coefficient (Wildman–Crippen LogP) is 7.26. The SMILES string of the molecule is CC(C)(C)[Si](C)(C)O[C@H]1/C=C/CCN(C[C@@H]2CCO2)S(=O)(=O)NC(=O)c2ccc3c(c2)N(C[C@@H]2CC[C@H]21)C[C@@]1(CCCc2cc(Cl)ccc21)CO3. The summed E-state index contributed by atoms with van der Waals surface area (Å²) in [6.45, 7) is 14.5. The summed E-state index contributed by atoms with van der Waals surface area (Å²) in [5.41, 5.74) is 3.41. The number of aryl methyl sites for hydroxylation is 1. The Hall–Kier alpha value is -2.41. The van der Waals surface area contributed by atoms with Gasteiger partial charge in [0.05, 0.1) is 24.5 Å². The molecule has 2 bridgehead atoms. The molecular weight excluding hydrogens is 702 g/mol. The molecule has 1 N–H and O–H groups in total. The third kappa shape index (κ3) is 7.53. The first-order valence-corrected chi connectivity index (χ1v) is 23.5. The molecule has 9 nitrogen and oxygen atoms in total. The minimum absolute atomic E-state index is 0.0440. The second-order valence-electron chi connectivity index (χ2n) is 16.9. The van der Waals surface area contributed by atoms with Crippen LogP contribution in [0.15, 0.2) is 48.6 Å². The van der Waals surface area contributed by atoms with Crippen molar-refractivity contribution in [1.82, 2.24) is 9.03 Å². The summed E-state index contributed by atoms with van der Waals surface area (Å²) in [6.07, 6.45) is 10.5. The van der Waals surface area contributed by atoms with Gasteiger partial charge < -0.3 is 18.8 Å². The number of anilines is 1. The molecule has 12 heteroatoms. The molecule has 51 heavy (non-hydrogen) atoms. The number of fused-ring (bicyclic) bond motifs is 4. The third-order valence-electron chi connectivity index (χ3n) is 12.5. The molecule has 1 saturated carbocycles. The average Bonchev–Trinajstić information content (AvgIpc) is 3.17. The monoisotopic (exact) mass is 755 g/mol. The zero-order chi connectivity index (χ0) is 36.2. The minimum Gasteiger partial charge on any atom is -0.490 e. The Morgan fingerprint density at radius 3 is 2.63 bits per heavy atom. The Morgan fingerprint density at radius 1 is 1.12 bits per heavy atom. The number of benzene rings is 2. The highest BCUT2D eigenvalue weighted by molar-refractivity contribution is 7.87. The Bertz CT molecular complexity index is 1780. The van der Waals surface area contributed by atoms with Gasteiger partial charge >= 0.3 is 10.2 Å². The van der Waals surface area contributed by atoms with Crippen LogP contribution in [0.25, 0.3) is 0 Å². The Morgan fingerprint density at radius 2 is 1.92 bits per heavy atom. The molecule has 1 spiro atoms. The van der Waals surface area contributed by atoms with E-state index in [0.29, 0.717) is 37.2 Å². The largest absolute Gasteiger partial charge is 0.490 e. The van der Waals surface area contributed by atoms with Crippen molar-refractivity contribution in [3.63, 3.8) is 0 Å². The maximum atomic E-state index is 13.8. The number of carbonyl (C=O) groups is 1. The third-order valence-corrected chi connectivity index (χ3v) is 18.7. The number of halogens is 1. The van der Waals surface area contributed by atoms with E-state index in [1.165, 1.54) is 15.4 Å². The molecule has 2 fully saturated rings. The van der Waals surface area contributed by atoms with E-state index >= 15 is 0 Å². The summed E-state index contributed by atoms with van der Waals surface area (Å²) >= 11 is 6.48. The van der Waals surface area contributed by atoms with Crippen LogP contribution in [0.5, 0.6) is 5.75 Å². The van der Waals surface area contributed by atoms with Gasteiger partial charge in [-0.15, -0.1) is 0 Å². The van der Waals surface area contributed by atoms with Gasteiger partial charge in [-0.05, 0) is 116 Å². The van der Waals surface area contributed by atoms with Crippen LogP contribution in [-0.4, -0.2) is 78.5 Å². The van der Waals surface area contributed by atoms with Crippen molar-refractivity contribution in [2.24, 2.45) is 11.8 Å². The van der Waals surface area contributed by atoms with Gasteiger partial charge in [0, 0.05) is 48.8 Å². The van der Waals surface area contributed by atoms with Gasteiger partial charge in [0.15, 0.2) is 8.32 Å². The second-order valence-corrected chi connectivity index (χ2v) is 23.8. The molecule has 0 unspecified atom stereocenters. The molecule has 0 aromatic heterocycles. The van der Waals surface area contributed by atoms with Crippen molar-refractivity contribution < 1.29 is 27.1 Å². The lowest BCUT2D eigenvalue weighted by atomic mass is 9.68. The van der Waals surface area contributed by atoms with E-state index in [1.54, 1.807) is 6.07 Å². The van der Waals surface area contributed by atoms with Gasteiger partial charge in [-0.25, -0.2) is 4.72 Å². The maximum absolute atomic E-state index is 13.8. The predicted molar refractivity (Wildman–Crippen MR) is 205 cm³/mol. The summed E-state index contributed by atoms with van der Waals surface area (Å²) in [4.78, 5) is 16.2. The van der Waals surface area contributed by atoms with Crippen molar-refractivity contribution in [3.05, 3.63) is 70.3 Å². The van der Waals surface area contributed by atoms with E-state index in [4.69, 9.17) is 25.5 Å². The number of nitrogens with one attached hydrogen (secondary N) is 1. The van der Waals surface area contributed by atoms with Crippen LogP contribution in [0, 0.1) is 11.8 Å². The molecule has 2 aromatic rings. The summed E-state index contributed by atoms with van der Waals surface area (Å²) in [5, 5.41) is 0.790. The Kier molecular flexibility index (Phi) is 10.2. The lowest BCUT2D eigenvalue weighted by molar-refractivity contribution is -0.0574. The number of rotatable bonds is 4. The molecule has 5 atom stereocenters. The van der Waals surface area contributed by atoms with Gasteiger partial charge in [-0.1, -0.05) is 50.6 Å². The fraction of sp³-hybridized carbons (Fsp3) is 0.615. The van der Waals surface area contributed by atoms with E-state index < -0.39 is 24.4 Å². The Labute approximate surface area is 310 Å². The number of nitrogens with zero attached hydrogens (tertiary/aromatic N) is 2. The van der Waals surface area contributed by atoms with Crippen LogP contribution in [-0.2, 0) is 31.2 Å². The zero-order valence-electron chi connectivity index (χ0n) is 30.8. The van der Waals surface area contributed by atoms with Gasteiger partial charge in [0.25, 0.3) is 5.91 Å². The van der Waals surface area contributed by atoms with E-state index in [1.807, 2.05) is 18.2 Å². The van der Waals surface area contributed by atoms with Crippen molar-refractivity contribution in [2.75, 3.05) is 44.3 Å². The Balaban J connectivity index is 1.29. The van der Waals surface area contributed by atoms with Gasteiger partial charge in [-0.2, -0.15) is 12.7 Å².